The molecule has 1 atom stereocenters. The Balaban J connectivity index is 1.95. The fraction of sp³-hybridized carbons (Fsp3) is 0.438. The third-order valence-corrected chi connectivity index (χ3v) is 3.72. The van der Waals surface area contributed by atoms with Crippen molar-refractivity contribution in [3.63, 3.8) is 0 Å². The minimum absolute atomic E-state index is 0.0587. The van der Waals surface area contributed by atoms with E-state index in [2.05, 4.69) is 25.2 Å². The van der Waals surface area contributed by atoms with Crippen LogP contribution in [-0.2, 0) is 4.79 Å². The quantitative estimate of drug-likeness (QED) is 0.854. The van der Waals surface area contributed by atoms with Gasteiger partial charge in [0, 0.05) is 11.3 Å². The highest BCUT2D eigenvalue weighted by Crippen LogP contribution is 2.29. The molecule has 0 heterocycles. The van der Waals surface area contributed by atoms with Crippen molar-refractivity contribution in [1.29, 1.82) is 0 Å². The van der Waals surface area contributed by atoms with Crippen LogP contribution in [0.5, 0.6) is 0 Å². The van der Waals surface area contributed by atoms with Gasteiger partial charge in [0.1, 0.15) is 0 Å². The van der Waals surface area contributed by atoms with Gasteiger partial charge in [-0.25, -0.2) is 0 Å². The van der Waals surface area contributed by atoms with Crippen molar-refractivity contribution in [2.75, 3.05) is 5.32 Å². The van der Waals surface area contributed by atoms with Crippen LogP contribution in [0.15, 0.2) is 42.0 Å². The van der Waals surface area contributed by atoms with Crippen LogP contribution in [0.1, 0.15) is 33.1 Å². The van der Waals surface area contributed by atoms with Gasteiger partial charge in [0.15, 0.2) is 0 Å². The van der Waals surface area contributed by atoms with Crippen LogP contribution in [0.3, 0.4) is 0 Å². The molecule has 1 N–H and O–H groups in total. The standard InChI is InChI=1S/C16H21NO/c1-12(2)13-8-10-14(11-9-13)16(18)17-15-6-4-3-5-7-15/h3-7,10,12-13H,8-9,11H2,1-2H3,(H,17,18)/t13-/m1/s1. The number of nitrogens with one attached hydrogen (secondary N) is 1. The van der Waals surface area contributed by atoms with E-state index in [0.29, 0.717) is 5.92 Å². The molecule has 0 unspecified atom stereocenters. The first kappa shape index (κ1) is 12.9. The topological polar surface area (TPSA) is 29.1 Å². The van der Waals surface area contributed by atoms with Crippen LogP contribution < -0.4 is 5.32 Å². The predicted molar refractivity (Wildman–Crippen MR) is 75.3 cm³/mol. The van der Waals surface area contributed by atoms with E-state index in [-0.39, 0.29) is 5.91 Å². The van der Waals surface area contributed by atoms with Crippen molar-refractivity contribution < 1.29 is 4.79 Å². The Bertz CT molecular complexity index is 434. The number of carbonyl (C=O) groups excluding carboxylic acids is 1. The second kappa shape index (κ2) is 5.85. The van der Waals surface area contributed by atoms with Gasteiger partial charge >= 0.3 is 0 Å². The number of allylic oxidation sites excluding steroid dienone is 1. The van der Waals surface area contributed by atoms with Crippen LogP contribution in [-0.4, -0.2) is 5.91 Å². The van der Waals surface area contributed by atoms with Gasteiger partial charge in [-0.2, -0.15) is 0 Å². The molecule has 0 aromatic heterocycles. The largest absolute Gasteiger partial charge is 0.322 e. The maximum Gasteiger partial charge on any atom is 0.251 e. The molecule has 96 valence electrons. The molecule has 2 heteroatoms. The number of benzene rings is 1. The van der Waals surface area contributed by atoms with Gasteiger partial charge < -0.3 is 5.32 Å². The molecule has 2 rings (SSSR count). The van der Waals surface area contributed by atoms with Gasteiger partial charge in [0.25, 0.3) is 5.91 Å². The molecule has 2 nitrogen and oxygen atoms in total. The van der Waals surface area contributed by atoms with Crippen LogP contribution in [0.25, 0.3) is 0 Å². The van der Waals surface area contributed by atoms with Gasteiger partial charge in [-0.05, 0) is 43.2 Å². The molecule has 1 aromatic carbocycles. The third kappa shape index (κ3) is 3.22. The highest BCUT2D eigenvalue weighted by molar-refractivity contribution is 6.03. The Hall–Kier alpha value is -1.57. The van der Waals surface area contributed by atoms with E-state index >= 15 is 0 Å². The summed E-state index contributed by atoms with van der Waals surface area (Å²) < 4.78 is 0. The van der Waals surface area contributed by atoms with Crippen LogP contribution in [0.2, 0.25) is 0 Å². The van der Waals surface area contributed by atoms with Gasteiger partial charge in [0.05, 0.1) is 0 Å². The molecule has 0 radical (unpaired) electrons. The molecular formula is C16H21NO. The minimum Gasteiger partial charge on any atom is -0.322 e. The number of hydrogen-bond donors (Lipinski definition) is 1. The number of para-hydroxylation sites is 1. The van der Waals surface area contributed by atoms with E-state index < -0.39 is 0 Å². The maximum atomic E-state index is 12.1. The summed E-state index contributed by atoms with van der Waals surface area (Å²) in [4.78, 5) is 12.1. The fourth-order valence-electron chi connectivity index (χ4n) is 2.40. The molecule has 1 amide bonds. The van der Waals surface area contributed by atoms with Gasteiger partial charge in [-0.15, -0.1) is 0 Å². The second-order valence-electron chi connectivity index (χ2n) is 5.33. The lowest BCUT2D eigenvalue weighted by molar-refractivity contribution is -0.113. The lowest BCUT2D eigenvalue weighted by Gasteiger charge is -2.24. The summed E-state index contributed by atoms with van der Waals surface area (Å²) in [6.07, 6.45) is 5.19. The van der Waals surface area contributed by atoms with Crippen LogP contribution >= 0.6 is 0 Å². The first-order chi connectivity index (χ1) is 8.66. The van der Waals surface area contributed by atoms with E-state index in [4.69, 9.17) is 0 Å². The fourth-order valence-corrected chi connectivity index (χ4v) is 2.40. The van der Waals surface area contributed by atoms with Crippen molar-refractivity contribution in [3.05, 3.63) is 42.0 Å². The molecular weight excluding hydrogens is 222 g/mol. The average molecular weight is 243 g/mol. The van der Waals surface area contributed by atoms with E-state index in [1.165, 1.54) is 0 Å². The van der Waals surface area contributed by atoms with Crippen molar-refractivity contribution in [3.8, 4) is 0 Å². The summed E-state index contributed by atoms with van der Waals surface area (Å²) in [5.74, 6) is 1.50. The van der Waals surface area contributed by atoms with E-state index in [1.54, 1.807) is 0 Å². The van der Waals surface area contributed by atoms with E-state index in [0.717, 1.165) is 36.4 Å². The molecule has 0 fully saturated rings. The summed E-state index contributed by atoms with van der Waals surface area (Å²) in [5.41, 5.74) is 1.81. The minimum atomic E-state index is 0.0587. The third-order valence-electron chi connectivity index (χ3n) is 3.72. The zero-order valence-electron chi connectivity index (χ0n) is 11.1. The Morgan fingerprint density at radius 2 is 2.00 bits per heavy atom. The Morgan fingerprint density at radius 1 is 1.28 bits per heavy atom. The Morgan fingerprint density at radius 3 is 2.56 bits per heavy atom. The highest BCUT2D eigenvalue weighted by atomic mass is 16.1. The zero-order valence-corrected chi connectivity index (χ0v) is 11.1. The van der Waals surface area contributed by atoms with Gasteiger partial charge in [-0.3, -0.25) is 4.79 Å². The molecule has 1 aliphatic rings. The van der Waals surface area contributed by atoms with E-state index in [9.17, 15) is 4.79 Å². The lowest BCUT2D eigenvalue weighted by Crippen LogP contribution is -2.20. The zero-order chi connectivity index (χ0) is 13.0. The molecule has 0 saturated heterocycles. The molecule has 0 aliphatic heterocycles. The summed E-state index contributed by atoms with van der Waals surface area (Å²) in [7, 11) is 0. The Kier molecular flexibility index (Phi) is 4.19. The van der Waals surface area contributed by atoms with Crippen molar-refractivity contribution in [2.45, 2.75) is 33.1 Å². The maximum absolute atomic E-state index is 12.1. The molecule has 0 saturated carbocycles. The van der Waals surface area contributed by atoms with Gasteiger partial charge in [0.2, 0.25) is 0 Å². The summed E-state index contributed by atoms with van der Waals surface area (Å²) in [6, 6.07) is 9.64. The Labute approximate surface area is 109 Å². The van der Waals surface area contributed by atoms with Crippen molar-refractivity contribution in [1.82, 2.24) is 0 Å². The molecule has 0 spiro atoms. The predicted octanol–water partition coefficient (Wildman–Crippen LogP) is 4.01. The molecule has 18 heavy (non-hydrogen) atoms. The van der Waals surface area contributed by atoms with Gasteiger partial charge in [-0.1, -0.05) is 38.1 Å². The van der Waals surface area contributed by atoms with Crippen LogP contribution in [0, 0.1) is 11.8 Å². The average Bonchev–Trinajstić information content (AvgIpc) is 2.40. The van der Waals surface area contributed by atoms with Crippen LogP contribution in [0.4, 0.5) is 5.69 Å². The second-order valence-corrected chi connectivity index (χ2v) is 5.33. The van der Waals surface area contributed by atoms with E-state index in [1.807, 2.05) is 30.3 Å². The monoisotopic (exact) mass is 243 g/mol. The number of carbonyl (C=O) groups is 1. The molecule has 1 aliphatic carbocycles. The number of anilines is 1. The smallest absolute Gasteiger partial charge is 0.251 e. The normalized spacial score (nSPS) is 19.5. The van der Waals surface area contributed by atoms with Crippen molar-refractivity contribution >= 4 is 11.6 Å². The first-order valence-electron chi connectivity index (χ1n) is 6.72. The number of amides is 1. The first-order valence-corrected chi connectivity index (χ1v) is 6.72. The number of rotatable bonds is 3. The van der Waals surface area contributed by atoms with Crippen molar-refractivity contribution in [2.24, 2.45) is 11.8 Å². The SMILES string of the molecule is CC(C)[C@@H]1CC=C(C(=O)Nc2ccccc2)CC1. The highest BCUT2D eigenvalue weighted by Gasteiger charge is 2.20. The summed E-state index contributed by atoms with van der Waals surface area (Å²) in [5, 5.41) is 2.95. The summed E-state index contributed by atoms with van der Waals surface area (Å²) >= 11 is 0. The molecule has 1 aromatic rings. The lowest BCUT2D eigenvalue weighted by atomic mass is 9.82. The number of hydrogen-bond acceptors (Lipinski definition) is 1. The summed E-state index contributed by atoms with van der Waals surface area (Å²) in [6.45, 7) is 4.51. The molecule has 0 bridgehead atoms.